The van der Waals surface area contributed by atoms with Gasteiger partial charge in [0.15, 0.2) is 11.6 Å². The Morgan fingerprint density at radius 1 is 1.32 bits per heavy atom. The summed E-state index contributed by atoms with van der Waals surface area (Å²) in [4.78, 5) is 33.0. The van der Waals surface area contributed by atoms with Crippen molar-refractivity contribution in [2.75, 3.05) is 27.2 Å². The van der Waals surface area contributed by atoms with Gasteiger partial charge in [-0.15, -0.1) is 11.3 Å². The number of aromatic nitrogens is 1. The Kier molecular flexibility index (Phi) is 5.15. The lowest BCUT2D eigenvalue weighted by Gasteiger charge is -2.30. The maximum Gasteiger partial charge on any atom is 0.275 e. The van der Waals surface area contributed by atoms with Gasteiger partial charge in [0.05, 0.1) is 9.21 Å². The van der Waals surface area contributed by atoms with Crippen LogP contribution in [0.25, 0.3) is 0 Å². The summed E-state index contributed by atoms with van der Waals surface area (Å²) < 4.78 is 6.35. The fourth-order valence-electron chi connectivity index (χ4n) is 2.92. The van der Waals surface area contributed by atoms with Crippen LogP contribution in [-0.4, -0.2) is 53.8 Å². The van der Waals surface area contributed by atoms with E-state index in [0.717, 1.165) is 12.8 Å². The van der Waals surface area contributed by atoms with Crippen LogP contribution in [0, 0.1) is 6.92 Å². The molecule has 1 saturated heterocycles. The van der Waals surface area contributed by atoms with Crippen LogP contribution in [0.1, 0.15) is 50.6 Å². The first-order valence-electron chi connectivity index (χ1n) is 8.10. The first-order valence-corrected chi connectivity index (χ1v) is 9.30. The Balaban J connectivity index is 1.65. The van der Waals surface area contributed by atoms with Crippen LogP contribution < -0.4 is 0 Å². The van der Waals surface area contributed by atoms with Crippen molar-refractivity contribution in [1.29, 1.82) is 0 Å². The highest BCUT2D eigenvalue weighted by Gasteiger charge is 2.29. The van der Waals surface area contributed by atoms with Gasteiger partial charge in [0, 0.05) is 33.1 Å². The van der Waals surface area contributed by atoms with Gasteiger partial charge in [0.25, 0.3) is 11.8 Å². The fourth-order valence-corrected chi connectivity index (χ4v) is 3.93. The predicted molar refractivity (Wildman–Crippen MR) is 96.5 cm³/mol. The molecule has 2 aromatic rings. The zero-order valence-corrected chi connectivity index (χ0v) is 16.0. The molecule has 1 aliphatic rings. The number of likely N-dealkylation sites (tertiary alicyclic amines) is 1. The van der Waals surface area contributed by atoms with Crippen molar-refractivity contribution in [2.45, 2.75) is 25.7 Å². The van der Waals surface area contributed by atoms with E-state index in [-0.39, 0.29) is 17.7 Å². The molecule has 0 N–H and O–H groups in total. The van der Waals surface area contributed by atoms with E-state index in [9.17, 15) is 9.59 Å². The van der Waals surface area contributed by atoms with E-state index in [4.69, 9.17) is 16.0 Å². The highest BCUT2D eigenvalue weighted by Crippen LogP contribution is 2.31. The fraction of sp³-hybridized carbons (Fsp3) is 0.471. The van der Waals surface area contributed by atoms with Crippen LogP contribution in [0.2, 0.25) is 4.34 Å². The van der Waals surface area contributed by atoms with Crippen LogP contribution >= 0.6 is 22.9 Å². The Labute approximate surface area is 155 Å². The average molecular weight is 382 g/mol. The van der Waals surface area contributed by atoms with Crippen molar-refractivity contribution < 1.29 is 14.0 Å². The minimum Gasteiger partial charge on any atom is -0.445 e. The predicted octanol–water partition coefficient (Wildman–Crippen LogP) is 3.42. The number of rotatable bonds is 3. The van der Waals surface area contributed by atoms with E-state index in [0.29, 0.717) is 39.6 Å². The Hall–Kier alpha value is -1.86. The lowest BCUT2D eigenvalue weighted by atomic mass is 9.96. The molecule has 0 atom stereocenters. The average Bonchev–Trinajstić information content (AvgIpc) is 3.19. The summed E-state index contributed by atoms with van der Waals surface area (Å²) in [5, 5.41) is 0. The summed E-state index contributed by atoms with van der Waals surface area (Å²) in [6.45, 7) is 3.03. The smallest absolute Gasteiger partial charge is 0.275 e. The molecule has 3 rings (SSSR count). The maximum absolute atomic E-state index is 12.5. The third-order valence-corrected chi connectivity index (χ3v) is 5.56. The Morgan fingerprint density at radius 2 is 2.00 bits per heavy atom. The van der Waals surface area contributed by atoms with Gasteiger partial charge in [0.1, 0.15) is 5.76 Å². The van der Waals surface area contributed by atoms with E-state index in [2.05, 4.69) is 4.98 Å². The molecule has 0 bridgehead atoms. The molecule has 8 heteroatoms. The number of hydrogen-bond acceptors (Lipinski definition) is 5. The number of oxazole rings is 1. The van der Waals surface area contributed by atoms with Gasteiger partial charge in [-0.3, -0.25) is 9.59 Å². The first kappa shape index (κ1) is 17.9. The lowest BCUT2D eigenvalue weighted by molar-refractivity contribution is 0.0710. The van der Waals surface area contributed by atoms with Crippen LogP contribution in [0.15, 0.2) is 16.5 Å². The number of nitrogens with zero attached hydrogens (tertiary/aromatic N) is 3. The summed E-state index contributed by atoms with van der Waals surface area (Å²) in [6.07, 6.45) is 1.53. The van der Waals surface area contributed by atoms with E-state index in [1.54, 1.807) is 33.2 Å². The van der Waals surface area contributed by atoms with Gasteiger partial charge < -0.3 is 14.2 Å². The highest BCUT2D eigenvalue weighted by atomic mass is 35.5. The van der Waals surface area contributed by atoms with E-state index < -0.39 is 0 Å². The number of hydrogen-bond donors (Lipinski definition) is 0. The zero-order valence-electron chi connectivity index (χ0n) is 14.4. The summed E-state index contributed by atoms with van der Waals surface area (Å²) in [6, 6.07) is 3.50. The van der Waals surface area contributed by atoms with Gasteiger partial charge in [-0.2, -0.15) is 0 Å². The van der Waals surface area contributed by atoms with Crippen molar-refractivity contribution in [3.63, 3.8) is 0 Å². The second-order valence-electron chi connectivity index (χ2n) is 6.33. The largest absolute Gasteiger partial charge is 0.445 e. The summed E-state index contributed by atoms with van der Waals surface area (Å²) >= 11 is 7.21. The number of amides is 2. The maximum atomic E-state index is 12.5. The van der Waals surface area contributed by atoms with Gasteiger partial charge in [-0.05, 0) is 31.9 Å². The number of aryl methyl sites for hydroxylation is 1. The summed E-state index contributed by atoms with van der Waals surface area (Å²) in [5.41, 5.74) is 0.367. The van der Waals surface area contributed by atoms with E-state index >= 15 is 0 Å². The van der Waals surface area contributed by atoms with Crippen LogP contribution in [0.3, 0.4) is 0 Å². The molecule has 6 nitrogen and oxygen atoms in total. The van der Waals surface area contributed by atoms with Crippen molar-refractivity contribution in [3.05, 3.63) is 38.7 Å². The van der Waals surface area contributed by atoms with Crippen LogP contribution in [0.4, 0.5) is 0 Å². The second kappa shape index (κ2) is 7.17. The molecule has 0 saturated carbocycles. The topological polar surface area (TPSA) is 66.7 Å². The monoisotopic (exact) mass is 381 g/mol. The molecule has 3 heterocycles. The van der Waals surface area contributed by atoms with Gasteiger partial charge in [-0.1, -0.05) is 11.6 Å². The van der Waals surface area contributed by atoms with Crippen molar-refractivity contribution in [3.8, 4) is 0 Å². The second-order valence-corrected chi connectivity index (χ2v) is 8.04. The molecule has 134 valence electrons. The molecule has 0 spiro atoms. The number of carbonyl (C=O) groups excluding carboxylic acids is 2. The van der Waals surface area contributed by atoms with E-state index in [1.165, 1.54) is 16.2 Å². The third-order valence-electron chi connectivity index (χ3n) is 4.34. The highest BCUT2D eigenvalue weighted by molar-refractivity contribution is 7.17. The van der Waals surface area contributed by atoms with Crippen molar-refractivity contribution in [1.82, 2.24) is 14.8 Å². The van der Waals surface area contributed by atoms with Gasteiger partial charge in [-0.25, -0.2) is 4.98 Å². The van der Waals surface area contributed by atoms with Crippen LogP contribution in [-0.2, 0) is 0 Å². The molecule has 0 unspecified atom stereocenters. The lowest BCUT2D eigenvalue weighted by Crippen LogP contribution is -2.37. The standard InChI is InChI=1S/C17H20ClN3O3S/c1-10-14(17(23)20(2)3)19-15(24-10)11-6-8-21(9-7-11)16(22)12-4-5-13(18)25-12/h4-5,11H,6-9H2,1-3H3. The SMILES string of the molecule is Cc1oc(C2CCN(C(=O)c3ccc(Cl)s3)CC2)nc1C(=O)N(C)C. The third kappa shape index (κ3) is 3.72. The molecule has 25 heavy (non-hydrogen) atoms. The molecule has 1 fully saturated rings. The number of thiophene rings is 1. The minimum atomic E-state index is -0.158. The molecule has 2 aromatic heterocycles. The molecule has 0 aliphatic carbocycles. The number of halogens is 1. The van der Waals surface area contributed by atoms with Gasteiger partial charge in [0.2, 0.25) is 0 Å². The quantitative estimate of drug-likeness (QED) is 0.817. The van der Waals surface area contributed by atoms with Crippen LogP contribution in [0.5, 0.6) is 0 Å². The molecular weight excluding hydrogens is 362 g/mol. The molecule has 0 aromatic carbocycles. The number of carbonyl (C=O) groups is 2. The molecular formula is C17H20ClN3O3S. The Bertz CT molecular complexity index is 791. The van der Waals surface area contributed by atoms with Crippen molar-refractivity contribution >= 4 is 34.8 Å². The zero-order chi connectivity index (χ0) is 18.1. The molecule has 2 amide bonds. The summed E-state index contributed by atoms with van der Waals surface area (Å²) in [7, 11) is 3.38. The number of piperidine rings is 1. The Morgan fingerprint density at radius 3 is 2.56 bits per heavy atom. The van der Waals surface area contributed by atoms with Gasteiger partial charge >= 0.3 is 0 Å². The van der Waals surface area contributed by atoms with Crippen molar-refractivity contribution in [2.24, 2.45) is 0 Å². The first-order chi connectivity index (χ1) is 11.9. The molecule has 0 radical (unpaired) electrons. The normalized spacial score (nSPS) is 15.4. The minimum absolute atomic E-state index is 0.0161. The van der Waals surface area contributed by atoms with E-state index in [1.807, 2.05) is 4.90 Å². The molecule has 1 aliphatic heterocycles. The summed E-state index contributed by atoms with van der Waals surface area (Å²) in [5.74, 6) is 1.12.